The van der Waals surface area contributed by atoms with Crippen molar-refractivity contribution in [3.63, 3.8) is 0 Å². The van der Waals surface area contributed by atoms with Crippen LogP contribution in [0.25, 0.3) is 10.9 Å². The van der Waals surface area contributed by atoms with Gasteiger partial charge in [0, 0.05) is 30.2 Å². The van der Waals surface area contributed by atoms with Crippen LogP contribution in [0.4, 0.5) is 4.39 Å². The van der Waals surface area contributed by atoms with Crippen LogP contribution in [0.5, 0.6) is 0 Å². The van der Waals surface area contributed by atoms with Crippen molar-refractivity contribution in [2.45, 2.75) is 26.8 Å². The van der Waals surface area contributed by atoms with Crippen molar-refractivity contribution in [2.75, 3.05) is 13.1 Å². The number of nitrogens with one attached hydrogen (secondary N) is 3. The Morgan fingerprint density at radius 3 is 2.92 bits per heavy atom. The summed E-state index contributed by atoms with van der Waals surface area (Å²) in [6.45, 7) is 5.49. The third-order valence-corrected chi connectivity index (χ3v) is 3.70. The van der Waals surface area contributed by atoms with Gasteiger partial charge in [0.15, 0.2) is 11.8 Å². The van der Waals surface area contributed by atoms with Crippen LogP contribution in [0.3, 0.4) is 0 Å². The van der Waals surface area contributed by atoms with Crippen LogP contribution < -0.4 is 10.6 Å². The summed E-state index contributed by atoms with van der Waals surface area (Å²) in [6, 6.07) is 4.76. The van der Waals surface area contributed by atoms with Gasteiger partial charge in [-0.25, -0.2) is 9.38 Å². The Morgan fingerprint density at radius 1 is 1.35 bits per heavy atom. The van der Waals surface area contributed by atoms with Crippen LogP contribution in [-0.4, -0.2) is 34.2 Å². The number of halogens is 2. The fraction of sp³-hybridized carbons (Fsp3) is 0.353. The molecule has 0 radical (unpaired) electrons. The number of nitrogens with zero attached hydrogens (tertiary/aromatic N) is 3. The number of hydrogen-bond acceptors (Lipinski definition) is 4. The third kappa shape index (κ3) is 5.16. The number of H-pyrrole nitrogens is 1. The Bertz CT molecular complexity index is 875. The Hall–Kier alpha value is -2.17. The number of aliphatic imine (C=N–C) groups is 1. The van der Waals surface area contributed by atoms with E-state index in [1.165, 1.54) is 6.07 Å². The standard InChI is InChI=1S/C17H21FN6O.HI/c1-3-19-17(22-10-16-23-11(2)24-25-16)20-7-6-12-9-21-15-5-4-13(18)8-14(12)15;/h4-5,8-9,21H,3,6-7,10H2,1-2H3,(H2,19,20,22);1H. The lowest BCUT2D eigenvalue weighted by molar-refractivity contribution is 0.376. The van der Waals surface area contributed by atoms with E-state index in [2.05, 4.69) is 30.8 Å². The van der Waals surface area contributed by atoms with Gasteiger partial charge >= 0.3 is 0 Å². The number of aromatic amines is 1. The number of guanidine groups is 1. The summed E-state index contributed by atoms with van der Waals surface area (Å²) in [7, 11) is 0. The number of fused-ring (bicyclic) bond motifs is 1. The van der Waals surface area contributed by atoms with Gasteiger partial charge in [-0.15, -0.1) is 24.0 Å². The van der Waals surface area contributed by atoms with Crippen LogP contribution in [0.2, 0.25) is 0 Å². The highest BCUT2D eigenvalue weighted by Gasteiger charge is 2.06. The largest absolute Gasteiger partial charge is 0.361 e. The molecule has 0 aliphatic rings. The molecule has 1 aromatic carbocycles. The Morgan fingerprint density at radius 2 is 2.19 bits per heavy atom. The van der Waals surface area contributed by atoms with E-state index in [1.807, 2.05) is 13.1 Å². The molecule has 0 atom stereocenters. The van der Waals surface area contributed by atoms with E-state index in [0.717, 1.165) is 29.4 Å². The third-order valence-electron chi connectivity index (χ3n) is 3.70. The van der Waals surface area contributed by atoms with Crippen LogP contribution in [-0.2, 0) is 13.0 Å². The second kappa shape index (κ2) is 9.51. The first-order valence-electron chi connectivity index (χ1n) is 8.22. The number of benzene rings is 1. The first-order chi connectivity index (χ1) is 12.2. The smallest absolute Gasteiger partial charge is 0.248 e. The van der Waals surface area contributed by atoms with Crippen LogP contribution in [0.1, 0.15) is 24.2 Å². The molecule has 3 aromatic rings. The lowest BCUT2D eigenvalue weighted by atomic mass is 10.1. The van der Waals surface area contributed by atoms with Gasteiger partial charge in [-0.05, 0) is 44.0 Å². The molecule has 2 aromatic heterocycles. The van der Waals surface area contributed by atoms with Crippen molar-refractivity contribution in [2.24, 2.45) is 4.99 Å². The molecule has 3 rings (SSSR count). The van der Waals surface area contributed by atoms with E-state index < -0.39 is 0 Å². The molecule has 0 fully saturated rings. The van der Waals surface area contributed by atoms with Gasteiger partial charge in [0.25, 0.3) is 0 Å². The van der Waals surface area contributed by atoms with Crippen LogP contribution >= 0.6 is 24.0 Å². The molecule has 0 saturated carbocycles. The summed E-state index contributed by atoms with van der Waals surface area (Å²) >= 11 is 0. The first kappa shape index (κ1) is 20.1. The molecule has 140 valence electrons. The van der Waals surface area contributed by atoms with Gasteiger partial charge < -0.3 is 20.1 Å². The maximum atomic E-state index is 13.4. The second-order valence-corrected chi connectivity index (χ2v) is 5.61. The zero-order chi connectivity index (χ0) is 17.6. The Labute approximate surface area is 167 Å². The van der Waals surface area contributed by atoms with Crippen molar-refractivity contribution >= 4 is 40.8 Å². The molecule has 9 heteroatoms. The van der Waals surface area contributed by atoms with Crippen LogP contribution in [0.15, 0.2) is 33.9 Å². The molecule has 0 amide bonds. The average molecular weight is 472 g/mol. The normalized spacial score (nSPS) is 11.4. The van der Waals surface area contributed by atoms with Gasteiger partial charge in [-0.2, -0.15) is 4.98 Å². The highest BCUT2D eigenvalue weighted by Crippen LogP contribution is 2.19. The number of hydrogen-bond donors (Lipinski definition) is 3. The van der Waals surface area contributed by atoms with E-state index in [9.17, 15) is 4.39 Å². The van der Waals surface area contributed by atoms with E-state index >= 15 is 0 Å². The summed E-state index contributed by atoms with van der Waals surface area (Å²) in [5, 5.41) is 11.1. The minimum absolute atomic E-state index is 0. The maximum absolute atomic E-state index is 13.4. The molecule has 0 unspecified atom stereocenters. The van der Waals surface area contributed by atoms with Crippen molar-refractivity contribution in [3.05, 3.63) is 47.5 Å². The average Bonchev–Trinajstić information content (AvgIpc) is 3.19. The molecular weight excluding hydrogens is 450 g/mol. The monoisotopic (exact) mass is 472 g/mol. The zero-order valence-electron chi connectivity index (χ0n) is 14.7. The van der Waals surface area contributed by atoms with Gasteiger partial charge in [0.2, 0.25) is 5.89 Å². The quantitative estimate of drug-likeness (QED) is 0.292. The van der Waals surface area contributed by atoms with E-state index in [-0.39, 0.29) is 29.8 Å². The number of aryl methyl sites for hydroxylation is 1. The van der Waals surface area contributed by atoms with Crippen LogP contribution in [0, 0.1) is 12.7 Å². The number of rotatable bonds is 6. The van der Waals surface area contributed by atoms with Crippen molar-refractivity contribution in [3.8, 4) is 0 Å². The molecule has 0 spiro atoms. The molecule has 0 aliphatic heterocycles. The second-order valence-electron chi connectivity index (χ2n) is 5.61. The van der Waals surface area contributed by atoms with Crippen molar-refractivity contribution in [1.29, 1.82) is 0 Å². The van der Waals surface area contributed by atoms with Gasteiger partial charge in [0.1, 0.15) is 12.4 Å². The summed E-state index contributed by atoms with van der Waals surface area (Å²) < 4.78 is 18.5. The highest BCUT2D eigenvalue weighted by atomic mass is 127. The predicted molar refractivity (Wildman–Crippen MR) is 109 cm³/mol. The topological polar surface area (TPSA) is 91.1 Å². The minimum atomic E-state index is -0.230. The fourth-order valence-electron chi connectivity index (χ4n) is 2.57. The van der Waals surface area contributed by atoms with E-state index in [1.54, 1.807) is 19.1 Å². The van der Waals surface area contributed by atoms with Crippen molar-refractivity contribution < 1.29 is 8.91 Å². The summed E-state index contributed by atoms with van der Waals surface area (Å²) in [5.41, 5.74) is 1.99. The predicted octanol–water partition coefficient (Wildman–Crippen LogP) is 2.91. The summed E-state index contributed by atoms with van der Waals surface area (Å²) in [6.07, 6.45) is 2.66. The fourth-order valence-corrected chi connectivity index (χ4v) is 2.57. The van der Waals surface area contributed by atoms with Gasteiger partial charge in [-0.3, -0.25) is 0 Å². The maximum Gasteiger partial charge on any atom is 0.248 e. The number of aromatic nitrogens is 3. The Balaban J connectivity index is 0.00000243. The SMILES string of the molecule is CCNC(=NCc1nc(C)no1)NCCc1c[nH]c2ccc(F)cc12.I. The molecule has 0 saturated heterocycles. The summed E-state index contributed by atoms with van der Waals surface area (Å²) in [4.78, 5) is 11.7. The minimum Gasteiger partial charge on any atom is -0.361 e. The first-order valence-corrected chi connectivity index (χ1v) is 8.22. The van der Waals surface area contributed by atoms with E-state index in [0.29, 0.717) is 30.8 Å². The van der Waals surface area contributed by atoms with E-state index in [4.69, 9.17) is 4.52 Å². The molecular formula is C17H22FIN6O. The van der Waals surface area contributed by atoms with Crippen molar-refractivity contribution in [1.82, 2.24) is 25.8 Å². The highest BCUT2D eigenvalue weighted by molar-refractivity contribution is 14.0. The zero-order valence-corrected chi connectivity index (χ0v) is 17.0. The van der Waals surface area contributed by atoms with Gasteiger partial charge in [-0.1, -0.05) is 5.16 Å². The summed E-state index contributed by atoms with van der Waals surface area (Å²) in [5.74, 6) is 1.51. The van der Waals surface area contributed by atoms with Gasteiger partial charge in [0.05, 0.1) is 0 Å². The molecule has 2 heterocycles. The molecule has 3 N–H and O–H groups in total. The molecule has 0 bridgehead atoms. The lowest BCUT2D eigenvalue weighted by Crippen LogP contribution is -2.38. The Kier molecular flexibility index (Phi) is 7.37. The molecule has 0 aliphatic carbocycles. The lowest BCUT2D eigenvalue weighted by Gasteiger charge is -2.10. The molecule has 7 nitrogen and oxygen atoms in total. The molecule has 26 heavy (non-hydrogen) atoms.